The van der Waals surface area contributed by atoms with E-state index in [4.69, 9.17) is 9.72 Å². The van der Waals surface area contributed by atoms with Crippen LogP contribution in [0.25, 0.3) is 22.3 Å². The third-order valence-corrected chi connectivity index (χ3v) is 7.20. The number of aliphatic hydroxyl groups is 1. The number of anilines is 1. The number of carbonyl (C=O) groups is 1. The van der Waals surface area contributed by atoms with Crippen LogP contribution in [0.1, 0.15) is 47.6 Å². The number of pyridine rings is 2. The Morgan fingerprint density at radius 3 is 2.77 bits per heavy atom. The average Bonchev–Trinajstić information content (AvgIpc) is 3.16. The van der Waals surface area contributed by atoms with Crippen molar-refractivity contribution in [2.24, 2.45) is 0 Å². The average molecular weight is 417 g/mol. The van der Waals surface area contributed by atoms with Crippen LogP contribution in [0.15, 0.2) is 23.0 Å². The number of carbonyl (C=O) groups excluding carboxylic acids is 1. The van der Waals surface area contributed by atoms with Gasteiger partial charge in [0.15, 0.2) is 5.60 Å². The van der Waals surface area contributed by atoms with Gasteiger partial charge in [0.2, 0.25) is 0 Å². The Hall–Kier alpha value is -3.19. The summed E-state index contributed by atoms with van der Waals surface area (Å²) < 4.78 is 6.88. The molecule has 7 heteroatoms. The molecule has 0 amide bonds. The lowest BCUT2D eigenvalue weighted by atomic mass is 9.85. The molecule has 0 unspecified atom stereocenters. The van der Waals surface area contributed by atoms with Crippen LogP contribution in [0.5, 0.6) is 0 Å². The van der Waals surface area contributed by atoms with Crippen molar-refractivity contribution in [3.05, 3.63) is 56.4 Å². The van der Waals surface area contributed by atoms with Gasteiger partial charge in [-0.2, -0.15) is 0 Å². The fraction of sp³-hybridized carbons (Fsp3) is 0.375. The topological polar surface area (TPSA) is 93.5 Å². The van der Waals surface area contributed by atoms with Crippen molar-refractivity contribution < 1.29 is 14.6 Å². The van der Waals surface area contributed by atoms with Gasteiger partial charge in [-0.1, -0.05) is 6.92 Å². The number of benzene rings is 1. The molecule has 7 nitrogen and oxygen atoms in total. The van der Waals surface area contributed by atoms with E-state index in [0.717, 1.165) is 41.7 Å². The second-order valence-corrected chi connectivity index (χ2v) is 8.61. The lowest BCUT2D eigenvalue weighted by Gasteiger charge is -2.31. The second kappa shape index (κ2) is 6.17. The molecule has 0 spiro atoms. The number of hydrogen-bond donors (Lipinski definition) is 2. The maximum atomic E-state index is 13.4. The van der Waals surface area contributed by atoms with Gasteiger partial charge < -0.3 is 19.7 Å². The maximum Gasteiger partial charge on any atom is 0.343 e. The molecule has 0 fully saturated rings. The highest BCUT2D eigenvalue weighted by Crippen LogP contribution is 2.43. The Kier molecular flexibility index (Phi) is 3.69. The summed E-state index contributed by atoms with van der Waals surface area (Å²) in [7, 11) is 1.94. The standard InChI is InChI=1S/C24H23N3O4/c1-3-24(30)16-9-19-21-14(10-27(19)22(28)15(16)11-31-23(24)29)12-5-4-6-13-17(25-2)7-8-18(26-21)20(12)13/h7-9,25,30H,3-6,10-11H2,1-2H3/t24-/m0/s1. The van der Waals surface area contributed by atoms with Crippen molar-refractivity contribution in [2.45, 2.75) is 51.4 Å². The van der Waals surface area contributed by atoms with Gasteiger partial charge in [0.05, 0.1) is 29.0 Å². The first-order chi connectivity index (χ1) is 15.0. The molecular formula is C24H23N3O4. The predicted octanol–water partition coefficient (Wildman–Crippen LogP) is 2.61. The van der Waals surface area contributed by atoms with Gasteiger partial charge in [-0.05, 0) is 55.0 Å². The number of nitrogens with one attached hydrogen (secondary N) is 1. The first-order valence-electron chi connectivity index (χ1n) is 10.8. The van der Waals surface area contributed by atoms with Crippen LogP contribution < -0.4 is 10.9 Å². The Bertz CT molecular complexity index is 1370. The monoisotopic (exact) mass is 417 g/mol. The second-order valence-electron chi connectivity index (χ2n) is 8.61. The van der Waals surface area contributed by atoms with E-state index in [2.05, 4.69) is 11.4 Å². The first kappa shape index (κ1) is 18.6. The number of aromatic nitrogens is 2. The minimum Gasteiger partial charge on any atom is -0.458 e. The number of cyclic esters (lactones) is 1. The number of aryl methyl sites for hydroxylation is 2. The van der Waals surface area contributed by atoms with Crippen LogP contribution in [0.3, 0.4) is 0 Å². The molecule has 0 bridgehead atoms. The number of esters is 1. The Labute approximate surface area is 178 Å². The number of hydrogen-bond acceptors (Lipinski definition) is 6. The van der Waals surface area contributed by atoms with E-state index in [1.807, 2.05) is 13.1 Å². The minimum atomic E-state index is -1.80. The molecule has 6 rings (SSSR count). The Morgan fingerprint density at radius 2 is 2.00 bits per heavy atom. The molecule has 31 heavy (non-hydrogen) atoms. The molecular weight excluding hydrogens is 394 g/mol. The van der Waals surface area contributed by atoms with Crippen LogP contribution in [0, 0.1) is 0 Å². The zero-order valence-electron chi connectivity index (χ0n) is 17.5. The highest BCUT2D eigenvalue weighted by Gasteiger charge is 2.45. The molecule has 1 atom stereocenters. The molecule has 2 aliphatic heterocycles. The molecule has 1 aromatic carbocycles. The number of fused-ring (bicyclic) bond motifs is 5. The largest absolute Gasteiger partial charge is 0.458 e. The maximum absolute atomic E-state index is 13.4. The van der Waals surface area contributed by atoms with Gasteiger partial charge in [0.25, 0.3) is 5.56 Å². The molecule has 4 heterocycles. The normalized spacial score (nSPS) is 20.8. The van der Waals surface area contributed by atoms with Crippen LogP contribution in [-0.4, -0.2) is 27.7 Å². The van der Waals surface area contributed by atoms with Crippen LogP contribution in [0.2, 0.25) is 0 Å². The van der Waals surface area contributed by atoms with Crippen molar-refractivity contribution in [3.8, 4) is 11.4 Å². The smallest absolute Gasteiger partial charge is 0.343 e. The van der Waals surface area contributed by atoms with Crippen LogP contribution >= 0.6 is 0 Å². The summed E-state index contributed by atoms with van der Waals surface area (Å²) in [5, 5.41) is 15.5. The van der Waals surface area contributed by atoms with Gasteiger partial charge in [-0.25, -0.2) is 9.78 Å². The molecule has 3 aromatic rings. The SMILES string of the molecule is CC[C@@]1(O)C(=O)OCc2c1cc1n(c2=O)Cc2c-1nc1ccc(NC)c3c1c2CCC3. The van der Waals surface area contributed by atoms with Crippen LogP contribution in [-0.2, 0) is 41.1 Å². The fourth-order valence-corrected chi connectivity index (χ4v) is 5.55. The summed E-state index contributed by atoms with van der Waals surface area (Å²) in [6.45, 7) is 2.06. The highest BCUT2D eigenvalue weighted by atomic mass is 16.6. The van der Waals surface area contributed by atoms with E-state index in [1.54, 1.807) is 17.6 Å². The van der Waals surface area contributed by atoms with E-state index < -0.39 is 11.6 Å². The minimum absolute atomic E-state index is 0.107. The summed E-state index contributed by atoms with van der Waals surface area (Å²) in [6, 6.07) is 5.87. The molecule has 0 radical (unpaired) electrons. The molecule has 2 aromatic heterocycles. The molecule has 0 saturated heterocycles. The highest BCUT2D eigenvalue weighted by molar-refractivity contribution is 5.95. The summed E-state index contributed by atoms with van der Waals surface area (Å²) in [6.07, 6.45) is 3.15. The van der Waals surface area contributed by atoms with Gasteiger partial charge in [-0.15, -0.1) is 0 Å². The summed E-state index contributed by atoms with van der Waals surface area (Å²) in [5.41, 5.74) is 5.83. The molecule has 2 N–H and O–H groups in total. The van der Waals surface area contributed by atoms with Gasteiger partial charge in [0, 0.05) is 29.2 Å². The van der Waals surface area contributed by atoms with Crippen molar-refractivity contribution in [2.75, 3.05) is 12.4 Å². The van der Waals surface area contributed by atoms with Crippen molar-refractivity contribution in [1.82, 2.24) is 9.55 Å². The Balaban J connectivity index is 1.66. The summed E-state index contributed by atoms with van der Waals surface area (Å²) in [4.78, 5) is 30.7. The first-order valence-corrected chi connectivity index (χ1v) is 10.8. The van der Waals surface area contributed by atoms with Crippen molar-refractivity contribution in [3.63, 3.8) is 0 Å². The number of nitrogens with zero attached hydrogens (tertiary/aromatic N) is 2. The van der Waals surface area contributed by atoms with E-state index in [-0.39, 0.29) is 18.6 Å². The van der Waals surface area contributed by atoms with Gasteiger partial charge >= 0.3 is 5.97 Å². The number of ether oxygens (including phenoxy) is 1. The van der Waals surface area contributed by atoms with Gasteiger partial charge in [-0.3, -0.25) is 4.79 Å². The van der Waals surface area contributed by atoms with E-state index >= 15 is 0 Å². The van der Waals surface area contributed by atoms with Crippen molar-refractivity contribution in [1.29, 1.82) is 0 Å². The van der Waals surface area contributed by atoms with Gasteiger partial charge in [0.1, 0.15) is 6.61 Å². The lowest BCUT2D eigenvalue weighted by molar-refractivity contribution is -0.172. The third-order valence-electron chi connectivity index (χ3n) is 7.20. The Morgan fingerprint density at radius 1 is 1.19 bits per heavy atom. The van der Waals surface area contributed by atoms with E-state index in [0.29, 0.717) is 23.4 Å². The quantitative estimate of drug-likeness (QED) is 0.487. The van der Waals surface area contributed by atoms with Crippen molar-refractivity contribution >= 4 is 22.6 Å². The molecule has 158 valence electrons. The zero-order chi connectivity index (χ0) is 21.5. The molecule has 0 saturated carbocycles. The van der Waals surface area contributed by atoms with E-state index in [9.17, 15) is 14.7 Å². The lowest BCUT2D eigenvalue weighted by Crippen LogP contribution is -2.44. The molecule has 1 aliphatic carbocycles. The van der Waals surface area contributed by atoms with Crippen LogP contribution in [0.4, 0.5) is 5.69 Å². The fourth-order valence-electron chi connectivity index (χ4n) is 5.55. The zero-order valence-corrected chi connectivity index (χ0v) is 17.5. The number of rotatable bonds is 2. The third kappa shape index (κ3) is 2.24. The predicted molar refractivity (Wildman–Crippen MR) is 116 cm³/mol. The summed E-state index contributed by atoms with van der Waals surface area (Å²) in [5.74, 6) is -0.698. The van der Waals surface area contributed by atoms with E-state index in [1.165, 1.54) is 16.5 Å². The molecule has 3 aliphatic rings. The summed E-state index contributed by atoms with van der Waals surface area (Å²) >= 11 is 0.